The highest BCUT2D eigenvalue weighted by Crippen LogP contribution is 2.32. The van der Waals surface area contributed by atoms with Gasteiger partial charge in [-0.05, 0) is 42.8 Å². The minimum Gasteiger partial charge on any atom is -0.490 e. The van der Waals surface area contributed by atoms with Crippen molar-refractivity contribution in [1.82, 2.24) is 14.6 Å². The molecule has 2 heterocycles. The Morgan fingerprint density at radius 3 is 2.72 bits per heavy atom. The first kappa shape index (κ1) is 20.7. The quantitative estimate of drug-likeness (QED) is 0.248. The van der Waals surface area contributed by atoms with Crippen LogP contribution in [0.2, 0.25) is 0 Å². The summed E-state index contributed by atoms with van der Waals surface area (Å²) >= 11 is 0. The Hall–Kier alpha value is -4.60. The van der Waals surface area contributed by atoms with Gasteiger partial charge in [0.2, 0.25) is 5.88 Å². The Kier molecular flexibility index (Phi) is 5.84. The monoisotopic (exact) mass is 431 g/mol. The van der Waals surface area contributed by atoms with Crippen molar-refractivity contribution in [2.75, 3.05) is 6.61 Å². The van der Waals surface area contributed by atoms with E-state index in [1.165, 1.54) is 24.7 Å². The van der Waals surface area contributed by atoms with Gasteiger partial charge in [0.25, 0.3) is 11.2 Å². The molecule has 0 bridgehead atoms. The van der Waals surface area contributed by atoms with Crippen molar-refractivity contribution in [3.05, 3.63) is 93.2 Å². The van der Waals surface area contributed by atoms with Crippen molar-refractivity contribution >= 4 is 22.8 Å². The molecule has 0 N–H and O–H groups in total. The van der Waals surface area contributed by atoms with Crippen molar-refractivity contribution in [3.63, 3.8) is 0 Å². The standard InChI is InChI=1S/C22H17N5O5/c1-2-31-20-11-15(7-9-19(20)32-21-10-8-16(13-23-21)27(29)30)12-25-26-14-24-18-6-4-3-5-17(18)22(26)28/h3-14H,2H2,1H3/b25-12-. The van der Waals surface area contributed by atoms with E-state index in [2.05, 4.69) is 15.1 Å². The van der Waals surface area contributed by atoms with Crippen molar-refractivity contribution in [2.24, 2.45) is 5.10 Å². The molecule has 2 aromatic heterocycles. The number of pyridine rings is 1. The summed E-state index contributed by atoms with van der Waals surface area (Å²) in [4.78, 5) is 31.0. The van der Waals surface area contributed by atoms with Crippen LogP contribution in [0, 0.1) is 10.1 Å². The zero-order valence-electron chi connectivity index (χ0n) is 16.9. The van der Waals surface area contributed by atoms with Gasteiger partial charge in [0.05, 0.1) is 28.6 Å². The number of ether oxygens (including phenoxy) is 2. The molecule has 2 aromatic carbocycles. The molecule has 0 amide bonds. The minimum absolute atomic E-state index is 0.132. The minimum atomic E-state index is -0.535. The fraction of sp³-hybridized carbons (Fsp3) is 0.0909. The maximum absolute atomic E-state index is 12.6. The van der Waals surface area contributed by atoms with Crippen LogP contribution in [0.15, 0.2) is 77.0 Å². The third-order valence-corrected chi connectivity index (χ3v) is 4.39. The number of para-hydroxylation sites is 1. The molecule has 0 atom stereocenters. The molecule has 0 radical (unpaired) electrons. The molecular weight excluding hydrogens is 414 g/mol. The van der Waals surface area contributed by atoms with Crippen molar-refractivity contribution < 1.29 is 14.4 Å². The second-order valence-electron chi connectivity index (χ2n) is 6.51. The molecule has 0 aliphatic carbocycles. The van der Waals surface area contributed by atoms with Gasteiger partial charge < -0.3 is 9.47 Å². The third-order valence-electron chi connectivity index (χ3n) is 4.39. The molecule has 0 saturated heterocycles. The van der Waals surface area contributed by atoms with Crippen LogP contribution < -0.4 is 15.0 Å². The van der Waals surface area contributed by atoms with Gasteiger partial charge in [-0.1, -0.05) is 12.1 Å². The Balaban J connectivity index is 1.59. The average molecular weight is 431 g/mol. The molecule has 4 aromatic rings. The van der Waals surface area contributed by atoms with Gasteiger partial charge in [0.1, 0.15) is 12.5 Å². The molecule has 32 heavy (non-hydrogen) atoms. The van der Waals surface area contributed by atoms with E-state index in [1.807, 2.05) is 13.0 Å². The second-order valence-corrected chi connectivity index (χ2v) is 6.51. The number of hydrogen-bond donors (Lipinski definition) is 0. The number of hydrogen-bond acceptors (Lipinski definition) is 8. The largest absolute Gasteiger partial charge is 0.490 e. The van der Waals surface area contributed by atoms with Gasteiger partial charge in [-0.2, -0.15) is 9.78 Å². The van der Waals surface area contributed by atoms with Gasteiger partial charge >= 0.3 is 0 Å². The summed E-state index contributed by atoms with van der Waals surface area (Å²) in [5.41, 5.74) is 0.856. The van der Waals surface area contributed by atoms with Crippen molar-refractivity contribution in [1.29, 1.82) is 0 Å². The molecular formula is C22H17N5O5. The third kappa shape index (κ3) is 4.43. The predicted octanol–water partition coefficient (Wildman–Crippen LogP) is 3.77. The van der Waals surface area contributed by atoms with Gasteiger partial charge in [-0.25, -0.2) is 9.97 Å². The SMILES string of the molecule is CCOc1cc(/C=N\n2cnc3ccccc3c2=O)ccc1Oc1ccc([N+](=O)[O-])cn1. The maximum Gasteiger partial charge on any atom is 0.287 e. The Morgan fingerprint density at radius 1 is 1.12 bits per heavy atom. The molecule has 10 heteroatoms. The van der Waals surface area contributed by atoms with Gasteiger partial charge in [0.15, 0.2) is 11.5 Å². The molecule has 0 unspecified atom stereocenters. The van der Waals surface area contributed by atoms with Crippen LogP contribution in [-0.2, 0) is 0 Å². The van der Waals surface area contributed by atoms with E-state index in [1.54, 1.807) is 36.4 Å². The van der Waals surface area contributed by atoms with Crippen LogP contribution >= 0.6 is 0 Å². The summed E-state index contributed by atoms with van der Waals surface area (Å²) in [7, 11) is 0. The average Bonchev–Trinajstić information content (AvgIpc) is 2.81. The Labute approximate surface area is 181 Å². The number of nitrogens with zero attached hydrogens (tertiary/aromatic N) is 5. The number of rotatable bonds is 7. The van der Waals surface area contributed by atoms with Crippen LogP contribution in [0.25, 0.3) is 10.9 Å². The van der Waals surface area contributed by atoms with Crippen LogP contribution in [-0.4, -0.2) is 32.4 Å². The molecule has 0 fully saturated rings. The lowest BCUT2D eigenvalue weighted by Gasteiger charge is -2.11. The highest BCUT2D eigenvalue weighted by molar-refractivity contribution is 5.81. The van der Waals surface area contributed by atoms with Gasteiger partial charge in [0, 0.05) is 12.1 Å². The Morgan fingerprint density at radius 2 is 1.97 bits per heavy atom. The Bertz CT molecular complexity index is 1370. The topological polar surface area (TPSA) is 122 Å². The molecule has 10 nitrogen and oxygen atoms in total. The first-order chi connectivity index (χ1) is 15.5. The van der Waals surface area contributed by atoms with E-state index >= 15 is 0 Å². The highest BCUT2D eigenvalue weighted by Gasteiger charge is 2.11. The second kappa shape index (κ2) is 9.04. The van der Waals surface area contributed by atoms with Crippen molar-refractivity contribution in [2.45, 2.75) is 6.92 Å². The van der Waals surface area contributed by atoms with E-state index in [9.17, 15) is 14.9 Å². The zero-order chi connectivity index (χ0) is 22.5. The summed E-state index contributed by atoms with van der Waals surface area (Å²) in [5.74, 6) is 1.00. The molecule has 0 saturated carbocycles. The summed E-state index contributed by atoms with van der Waals surface area (Å²) in [5, 5.41) is 15.4. The van der Waals surface area contributed by atoms with E-state index in [4.69, 9.17) is 9.47 Å². The summed E-state index contributed by atoms with van der Waals surface area (Å²) in [6.45, 7) is 2.22. The molecule has 0 aliphatic rings. The smallest absolute Gasteiger partial charge is 0.287 e. The lowest BCUT2D eigenvalue weighted by atomic mass is 10.2. The molecule has 0 spiro atoms. The lowest BCUT2D eigenvalue weighted by molar-refractivity contribution is -0.385. The van der Waals surface area contributed by atoms with Crippen molar-refractivity contribution in [3.8, 4) is 17.4 Å². The van der Waals surface area contributed by atoms with Crippen LogP contribution in [0.1, 0.15) is 12.5 Å². The summed E-state index contributed by atoms with van der Waals surface area (Å²) in [6, 6.07) is 14.8. The van der Waals surface area contributed by atoms with E-state index in [-0.39, 0.29) is 17.1 Å². The van der Waals surface area contributed by atoms with Crippen LogP contribution in [0.4, 0.5) is 5.69 Å². The highest BCUT2D eigenvalue weighted by atomic mass is 16.6. The summed E-state index contributed by atoms with van der Waals surface area (Å²) < 4.78 is 12.5. The van der Waals surface area contributed by atoms with Gasteiger partial charge in [-0.15, -0.1) is 0 Å². The molecule has 4 rings (SSSR count). The van der Waals surface area contributed by atoms with Crippen LogP contribution in [0.3, 0.4) is 0 Å². The summed E-state index contributed by atoms with van der Waals surface area (Å²) in [6.07, 6.45) is 3.99. The lowest BCUT2D eigenvalue weighted by Crippen LogP contribution is -2.16. The molecule has 160 valence electrons. The first-order valence-corrected chi connectivity index (χ1v) is 9.61. The fourth-order valence-electron chi connectivity index (χ4n) is 2.88. The zero-order valence-corrected chi connectivity index (χ0v) is 16.9. The van der Waals surface area contributed by atoms with Gasteiger partial charge in [-0.3, -0.25) is 14.9 Å². The number of fused-ring (bicyclic) bond motifs is 1. The van der Waals surface area contributed by atoms with E-state index in [0.29, 0.717) is 34.6 Å². The normalized spacial score (nSPS) is 11.0. The number of benzene rings is 2. The van der Waals surface area contributed by atoms with E-state index in [0.717, 1.165) is 10.9 Å². The fourth-order valence-corrected chi connectivity index (χ4v) is 2.88. The maximum atomic E-state index is 12.6. The molecule has 0 aliphatic heterocycles. The van der Waals surface area contributed by atoms with E-state index < -0.39 is 4.92 Å². The first-order valence-electron chi connectivity index (χ1n) is 9.61. The predicted molar refractivity (Wildman–Crippen MR) is 118 cm³/mol. The van der Waals surface area contributed by atoms with Crippen LogP contribution in [0.5, 0.6) is 17.4 Å². The number of nitro groups is 1. The number of aromatic nitrogens is 3.